The van der Waals surface area contributed by atoms with E-state index in [9.17, 15) is 4.39 Å². The average Bonchev–Trinajstić information content (AvgIpc) is 2.79. The number of rotatable bonds is 17. The molecular weight excluding hydrogens is 383 g/mol. The van der Waals surface area contributed by atoms with Crippen LogP contribution in [0.2, 0.25) is 0 Å². The second-order valence-electron chi connectivity index (χ2n) is 8.91. The van der Waals surface area contributed by atoms with Crippen LogP contribution in [0.15, 0.2) is 42.5 Å². The van der Waals surface area contributed by atoms with Crippen molar-refractivity contribution < 1.29 is 9.13 Å². The molecule has 0 saturated heterocycles. The van der Waals surface area contributed by atoms with Crippen LogP contribution in [0.5, 0.6) is 5.75 Å². The van der Waals surface area contributed by atoms with Gasteiger partial charge in [-0.1, -0.05) is 108 Å². The molecule has 0 aliphatic heterocycles. The van der Waals surface area contributed by atoms with Crippen LogP contribution in [0.25, 0.3) is 0 Å². The van der Waals surface area contributed by atoms with Gasteiger partial charge in [-0.3, -0.25) is 0 Å². The lowest BCUT2D eigenvalue weighted by Gasteiger charge is -2.10. The van der Waals surface area contributed by atoms with E-state index < -0.39 is 0 Å². The van der Waals surface area contributed by atoms with Crippen LogP contribution >= 0.6 is 0 Å². The minimum atomic E-state index is -0.247. The van der Waals surface area contributed by atoms with Gasteiger partial charge in [-0.05, 0) is 54.5 Å². The van der Waals surface area contributed by atoms with Crippen LogP contribution in [0, 0.1) is 5.82 Å². The Hall–Kier alpha value is -1.83. The highest BCUT2D eigenvalue weighted by Crippen LogP contribution is 2.21. The topological polar surface area (TPSA) is 9.23 Å². The van der Waals surface area contributed by atoms with E-state index in [2.05, 4.69) is 38.1 Å². The molecule has 0 atom stereocenters. The van der Waals surface area contributed by atoms with Crippen molar-refractivity contribution in [3.8, 4) is 5.75 Å². The second-order valence-corrected chi connectivity index (χ2v) is 8.91. The molecule has 0 N–H and O–H groups in total. The van der Waals surface area contributed by atoms with Gasteiger partial charge in [0.1, 0.15) is 6.61 Å². The van der Waals surface area contributed by atoms with E-state index in [0.717, 1.165) is 30.4 Å². The fourth-order valence-corrected chi connectivity index (χ4v) is 4.00. The van der Waals surface area contributed by atoms with Crippen molar-refractivity contribution in [3.05, 3.63) is 65.0 Å². The molecule has 31 heavy (non-hydrogen) atoms. The number of aryl methyl sites for hydroxylation is 2. The number of benzene rings is 2. The lowest BCUT2D eigenvalue weighted by Crippen LogP contribution is -1.99. The van der Waals surface area contributed by atoms with E-state index in [1.54, 1.807) is 12.1 Å². The summed E-state index contributed by atoms with van der Waals surface area (Å²) in [5.41, 5.74) is 3.53. The quantitative estimate of drug-likeness (QED) is 0.229. The highest BCUT2D eigenvalue weighted by atomic mass is 19.1. The fraction of sp³-hybridized carbons (Fsp3) is 0.586. The van der Waals surface area contributed by atoms with Crippen LogP contribution in [0.3, 0.4) is 0 Å². The summed E-state index contributed by atoms with van der Waals surface area (Å²) in [5, 5.41) is 0. The highest BCUT2D eigenvalue weighted by molar-refractivity contribution is 5.30. The van der Waals surface area contributed by atoms with E-state index in [1.165, 1.54) is 76.2 Å². The zero-order chi connectivity index (χ0) is 22.2. The van der Waals surface area contributed by atoms with Crippen LogP contribution in [-0.4, -0.2) is 0 Å². The predicted molar refractivity (Wildman–Crippen MR) is 131 cm³/mol. The van der Waals surface area contributed by atoms with Crippen LogP contribution in [-0.2, 0) is 19.4 Å². The zero-order valence-electron chi connectivity index (χ0n) is 19.9. The van der Waals surface area contributed by atoms with Gasteiger partial charge in [0.2, 0.25) is 0 Å². The maximum atomic E-state index is 14.4. The second kappa shape index (κ2) is 15.9. The summed E-state index contributed by atoms with van der Waals surface area (Å²) in [6.45, 7) is 4.90. The summed E-state index contributed by atoms with van der Waals surface area (Å²) in [5.74, 6) is 0.103. The van der Waals surface area contributed by atoms with E-state index >= 15 is 0 Å². The molecule has 2 rings (SSSR count). The Kier molecular flexibility index (Phi) is 13.0. The van der Waals surface area contributed by atoms with Crippen molar-refractivity contribution in [1.29, 1.82) is 0 Å². The van der Waals surface area contributed by atoms with Gasteiger partial charge in [0.25, 0.3) is 0 Å². The summed E-state index contributed by atoms with van der Waals surface area (Å²) >= 11 is 0. The lowest BCUT2D eigenvalue weighted by molar-refractivity contribution is 0.290. The Bertz CT molecular complexity index is 707. The molecule has 2 heteroatoms. The van der Waals surface area contributed by atoms with Gasteiger partial charge < -0.3 is 4.74 Å². The molecule has 2 aromatic rings. The van der Waals surface area contributed by atoms with Crippen molar-refractivity contribution in [3.63, 3.8) is 0 Å². The Morgan fingerprint density at radius 3 is 1.65 bits per heavy atom. The van der Waals surface area contributed by atoms with Crippen LogP contribution < -0.4 is 4.74 Å². The fourth-order valence-electron chi connectivity index (χ4n) is 4.00. The molecule has 0 amide bonds. The molecule has 0 aromatic heterocycles. The summed E-state index contributed by atoms with van der Waals surface area (Å²) in [4.78, 5) is 0. The molecule has 0 radical (unpaired) electrons. The molecule has 1 nitrogen and oxygen atoms in total. The standard InChI is InChI=1S/C29H43FO/c1-3-5-7-9-11-13-15-25-17-19-27(20-18-25)24-31-29-22-21-26(23-28(29)30)16-14-12-10-8-6-4-2/h17-23H,3-16,24H2,1-2H3. The van der Waals surface area contributed by atoms with Gasteiger partial charge in [0.05, 0.1) is 0 Å². The lowest BCUT2D eigenvalue weighted by atomic mass is 10.0. The minimum Gasteiger partial charge on any atom is -0.486 e. The smallest absolute Gasteiger partial charge is 0.165 e. The third-order valence-corrected chi connectivity index (χ3v) is 6.05. The first-order valence-electron chi connectivity index (χ1n) is 12.7. The SMILES string of the molecule is CCCCCCCCc1ccc(COc2ccc(CCCCCCCC)cc2F)cc1. The molecule has 2 aromatic carbocycles. The number of hydrogen-bond donors (Lipinski definition) is 0. The monoisotopic (exact) mass is 426 g/mol. The largest absolute Gasteiger partial charge is 0.486 e. The first-order valence-corrected chi connectivity index (χ1v) is 12.7. The van der Waals surface area contributed by atoms with Crippen LogP contribution in [0.1, 0.15) is 108 Å². The number of halogens is 1. The number of ether oxygens (including phenoxy) is 1. The third kappa shape index (κ3) is 10.8. The number of hydrogen-bond acceptors (Lipinski definition) is 1. The van der Waals surface area contributed by atoms with E-state index in [0.29, 0.717) is 12.4 Å². The molecule has 0 spiro atoms. The minimum absolute atomic E-state index is 0.247. The average molecular weight is 427 g/mol. The molecule has 0 bridgehead atoms. The van der Waals surface area contributed by atoms with Gasteiger partial charge >= 0.3 is 0 Å². The van der Waals surface area contributed by atoms with E-state index in [1.807, 2.05) is 6.07 Å². The van der Waals surface area contributed by atoms with Crippen molar-refractivity contribution in [2.24, 2.45) is 0 Å². The van der Waals surface area contributed by atoms with Gasteiger partial charge in [-0.25, -0.2) is 4.39 Å². The first kappa shape index (κ1) is 25.4. The molecule has 0 unspecified atom stereocenters. The molecular formula is C29H43FO. The Morgan fingerprint density at radius 2 is 1.06 bits per heavy atom. The van der Waals surface area contributed by atoms with Crippen molar-refractivity contribution in [2.75, 3.05) is 0 Å². The summed E-state index contributed by atoms with van der Waals surface area (Å²) < 4.78 is 20.2. The maximum Gasteiger partial charge on any atom is 0.165 e. The molecule has 0 heterocycles. The van der Waals surface area contributed by atoms with Gasteiger partial charge in [-0.2, -0.15) is 0 Å². The Morgan fingerprint density at radius 1 is 0.581 bits per heavy atom. The van der Waals surface area contributed by atoms with Gasteiger partial charge in [0.15, 0.2) is 11.6 Å². The molecule has 0 saturated carbocycles. The summed E-state index contributed by atoms with van der Waals surface area (Å²) in [6, 6.07) is 14.0. The zero-order valence-corrected chi connectivity index (χ0v) is 19.9. The molecule has 0 aliphatic rings. The molecule has 0 fully saturated rings. The molecule has 172 valence electrons. The molecule has 0 aliphatic carbocycles. The van der Waals surface area contributed by atoms with Gasteiger partial charge in [0, 0.05) is 0 Å². The van der Waals surface area contributed by atoms with E-state index in [4.69, 9.17) is 4.74 Å². The van der Waals surface area contributed by atoms with Crippen molar-refractivity contribution in [1.82, 2.24) is 0 Å². The van der Waals surface area contributed by atoms with Crippen molar-refractivity contribution >= 4 is 0 Å². The highest BCUT2D eigenvalue weighted by Gasteiger charge is 2.06. The normalized spacial score (nSPS) is 11.1. The summed E-state index contributed by atoms with van der Waals surface area (Å²) in [7, 11) is 0. The Balaban J connectivity index is 1.68. The van der Waals surface area contributed by atoms with Crippen molar-refractivity contribution in [2.45, 2.75) is 110 Å². The predicted octanol–water partition coefficient (Wildman–Crippen LogP) is 9.21. The Labute approximate surface area is 190 Å². The van der Waals surface area contributed by atoms with Crippen LogP contribution in [0.4, 0.5) is 4.39 Å². The summed E-state index contributed by atoms with van der Waals surface area (Å²) in [6.07, 6.45) is 17.6. The first-order chi connectivity index (χ1) is 15.2. The number of unbranched alkanes of at least 4 members (excludes halogenated alkanes) is 10. The van der Waals surface area contributed by atoms with Gasteiger partial charge in [-0.15, -0.1) is 0 Å². The van der Waals surface area contributed by atoms with E-state index in [-0.39, 0.29) is 5.82 Å². The third-order valence-electron chi connectivity index (χ3n) is 6.05. The maximum absolute atomic E-state index is 14.4.